The van der Waals surface area contributed by atoms with Crippen LogP contribution in [-0.4, -0.2) is 9.67 Å². The van der Waals surface area contributed by atoms with Gasteiger partial charge in [-0.05, 0) is 24.6 Å². The lowest BCUT2D eigenvalue weighted by Gasteiger charge is -1.97. The molecule has 0 aliphatic rings. The van der Waals surface area contributed by atoms with Crippen molar-refractivity contribution in [1.82, 2.24) is 4.57 Å². The topological polar surface area (TPSA) is 55.4 Å². The van der Waals surface area contributed by atoms with Gasteiger partial charge in [0.25, 0.3) is 0 Å². The predicted molar refractivity (Wildman–Crippen MR) is 52.1 cm³/mol. The zero-order chi connectivity index (χ0) is 10.1. The number of aliphatic hydroxyl groups excluding tert-OH is 1. The Kier molecular flexibility index (Phi) is 2.13. The van der Waals surface area contributed by atoms with Gasteiger partial charge in [0.15, 0.2) is 5.58 Å². The molecule has 0 saturated carbocycles. The normalized spacial score (nSPS) is 11.0. The van der Waals surface area contributed by atoms with Crippen LogP contribution in [0.2, 0.25) is 0 Å². The maximum absolute atomic E-state index is 11.3. The fourth-order valence-corrected chi connectivity index (χ4v) is 1.51. The molecule has 74 valence electrons. The van der Waals surface area contributed by atoms with E-state index in [4.69, 9.17) is 9.52 Å². The van der Waals surface area contributed by atoms with Crippen molar-refractivity contribution in [2.75, 3.05) is 0 Å². The van der Waals surface area contributed by atoms with Gasteiger partial charge < -0.3 is 9.52 Å². The van der Waals surface area contributed by atoms with Crippen molar-refractivity contribution in [1.29, 1.82) is 0 Å². The van der Waals surface area contributed by atoms with E-state index >= 15 is 0 Å². The number of benzene rings is 1. The monoisotopic (exact) mass is 193 g/mol. The lowest BCUT2D eigenvalue weighted by molar-refractivity contribution is 0.282. The Morgan fingerprint density at radius 2 is 2.29 bits per heavy atom. The van der Waals surface area contributed by atoms with Crippen molar-refractivity contribution in [3.8, 4) is 0 Å². The second kappa shape index (κ2) is 3.31. The Bertz CT molecular complexity index is 510. The highest BCUT2D eigenvalue weighted by Gasteiger charge is 2.07. The Hall–Kier alpha value is -1.55. The van der Waals surface area contributed by atoms with Gasteiger partial charge in [-0.15, -0.1) is 0 Å². The highest BCUT2D eigenvalue weighted by Crippen LogP contribution is 2.14. The molecular weight excluding hydrogens is 182 g/mol. The number of hydrogen-bond acceptors (Lipinski definition) is 3. The van der Waals surface area contributed by atoms with Crippen molar-refractivity contribution in [3.05, 3.63) is 34.3 Å². The van der Waals surface area contributed by atoms with Gasteiger partial charge in [0.05, 0.1) is 12.1 Å². The molecule has 1 N–H and O–H groups in total. The Morgan fingerprint density at radius 1 is 1.50 bits per heavy atom. The second-order valence-electron chi connectivity index (χ2n) is 3.07. The van der Waals surface area contributed by atoms with E-state index in [1.807, 2.05) is 6.92 Å². The number of hydrogen-bond donors (Lipinski definition) is 1. The number of aliphatic hydroxyl groups is 1. The summed E-state index contributed by atoms with van der Waals surface area (Å²) in [6, 6.07) is 5.25. The van der Waals surface area contributed by atoms with Crippen LogP contribution in [0.5, 0.6) is 0 Å². The van der Waals surface area contributed by atoms with E-state index in [2.05, 4.69) is 0 Å². The summed E-state index contributed by atoms with van der Waals surface area (Å²) in [5.41, 5.74) is 2.05. The van der Waals surface area contributed by atoms with E-state index in [1.54, 1.807) is 22.8 Å². The molecule has 0 aliphatic carbocycles. The van der Waals surface area contributed by atoms with Gasteiger partial charge in [-0.2, -0.15) is 0 Å². The summed E-state index contributed by atoms with van der Waals surface area (Å²) < 4.78 is 6.58. The standard InChI is InChI=1S/C10H11NO3/c1-2-11-8-4-3-7(6-12)5-9(8)14-10(11)13/h3-5,12H,2,6H2,1H3. The van der Waals surface area contributed by atoms with Gasteiger partial charge >= 0.3 is 5.76 Å². The third kappa shape index (κ3) is 1.24. The minimum absolute atomic E-state index is 0.0447. The third-order valence-corrected chi connectivity index (χ3v) is 2.23. The molecule has 0 amide bonds. The third-order valence-electron chi connectivity index (χ3n) is 2.23. The molecule has 0 bridgehead atoms. The molecule has 0 spiro atoms. The smallest absolute Gasteiger partial charge is 0.408 e. The van der Waals surface area contributed by atoms with Crippen molar-refractivity contribution < 1.29 is 9.52 Å². The van der Waals surface area contributed by atoms with Crippen LogP contribution >= 0.6 is 0 Å². The van der Waals surface area contributed by atoms with Crippen molar-refractivity contribution >= 4 is 11.1 Å². The molecule has 0 aliphatic heterocycles. The summed E-state index contributed by atoms with van der Waals surface area (Å²) >= 11 is 0. The minimum atomic E-state index is -0.349. The van der Waals surface area contributed by atoms with Crippen molar-refractivity contribution in [2.45, 2.75) is 20.1 Å². The zero-order valence-electron chi connectivity index (χ0n) is 7.86. The number of aromatic nitrogens is 1. The fraction of sp³-hybridized carbons (Fsp3) is 0.300. The summed E-state index contributed by atoms with van der Waals surface area (Å²) in [6.45, 7) is 2.43. The molecule has 14 heavy (non-hydrogen) atoms. The maximum atomic E-state index is 11.3. The van der Waals surface area contributed by atoms with Crippen LogP contribution in [0.1, 0.15) is 12.5 Å². The van der Waals surface area contributed by atoms with Crippen LogP contribution in [0.15, 0.2) is 27.4 Å². The van der Waals surface area contributed by atoms with Gasteiger partial charge in [0, 0.05) is 6.54 Å². The highest BCUT2D eigenvalue weighted by molar-refractivity contribution is 5.73. The number of fused-ring (bicyclic) bond motifs is 1. The van der Waals surface area contributed by atoms with Crippen molar-refractivity contribution in [2.24, 2.45) is 0 Å². The first kappa shape index (κ1) is 9.02. The molecule has 0 unspecified atom stereocenters. The van der Waals surface area contributed by atoms with Crippen LogP contribution in [0.3, 0.4) is 0 Å². The molecule has 4 heteroatoms. The summed E-state index contributed by atoms with van der Waals surface area (Å²) in [6.07, 6.45) is 0. The van der Waals surface area contributed by atoms with Crippen LogP contribution < -0.4 is 5.76 Å². The summed E-state index contributed by atoms with van der Waals surface area (Å²) in [4.78, 5) is 11.3. The van der Waals surface area contributed by atoms with Gasteiger partial charge in [0.1, 0.15) is 0 Å². The molecule has 2 aromatic rings. The molecule has 0 saturated heterocycles. The predicted octanol–water partition coefficient (Wildman–Crippen LogP) is 1.11. The Morgan fingerprint density at radius 3 is 2.93 bits per heavy atom. The lowest BCUT2D eigenvalue weighted by atomic mass is 10.2. The Balaban J connectivity index is 2.74. The van der Waals surface area contributed by atoms with E-state index in [1.165, 1.54) is 0 Å². The van der Waals surface area contributed by atoms with E-state index in [0.717, 1.165) is 11.1 Å². The number of nitrogens with zero attached hydrogens (tertiary/aromatic N) is 1. The van der Waals surface area contributed by atoms with Crippen LogP contribution in [0.25, 0.3) is 11.1 Å². The first-order valence-electron chi connectivity index (χ1n) is 4.49. The fourth-order valence-electron chi connectivity index (χ4n) is 1.51. The number of rotatable bonds is 2. The molecular formula is C10H11NO3. The quantitative estimate of drug-likeness (QED) is 0.777. The second-order valence-corrected chi connectivity index (χ2v) is 3.07. The van der Waals surface area contributed by atoms with Crippen LogP contribution in [-0.2, 0) is 13.2 Å². The van der Waals surface area contributed by atoms with E-state index in [0.29, 0.717) is 12.1 Å². The number of oxazole rings is 1. The van der Waals surface area contributed by atoms with Crippen LogP contribution in [0, 0.1) is 0 Å². The summed E-state index contributed by atoms with van der Waals surface area (Å²) in [5.74, 6) is -0.349. The maximum Gasteiger partial charge on any atom is 0.419 e. The largest absolute Gasteiger partial charge is 0.419 e. The van der Waals surface area contributed by atoms with Crippen molar-refractivity contribution in [3.63, 3.8) is 0 Å². The van der Waals surface area contributed by atoms with Gasteiger partial charge in [-0.25, -0.2) is 4.79 Å². The van der Waals surface area contributed by atoms with E-state index < -0.39 is 0 Å². The first-order chi connectivity index (χ1) is 6.76. The first-order valence-corrected chi connectivity index (χ1v) is 4.49. The molecule has 1 heterocycles. The molecule has 2 rings (SSSR count). The molecule has 0 atom stereocenters. The lowest BCUT2D eigenvalue weighted by Crippen LogP contribution is -2.11. The molecule has 1 aromatic carbocycles. The van der Waals surface area contributed by atoms with Gasteiger partial charge in [-0.1, -0.05) is 6.07 Å². The molecule has 1 aromatic heterocycles. The Labute approximate surface area is 80.4 Å². The average Bonchev–Trinajstić information content (AvgIpc) is 2.51. The SMILES string of the molecule is CCn1c(=O)oc2cc(CO)ccc21. The molecule has 0 radical (unpaired) electrons. The molecule has 0 fully saturated rings. The van der Waals surface area contributed by atoms with E-state index in [-0.39, 0.29) is 12.4 Å². The van der Waals surface area contributed by atoms with Gasteiger partial charge in [0.2, 0.25) is 0 Å². The molecule has 4 nitrogen and oxygen atoms in total. The number of aryl methyl sites for hydroxylation is 1. The highest BCUT2D eigenvalue weighted by atomic mass is 16.4. The minimum Gasteiger partial charge on any atom is -0.408 e. The summed E-state index contributed by atoms with van der Waals surface area (Å²) in [7, 11) is 0. The average molecular weight is 193 g/mol. The summed E-state index contributed by atoms with van der Waals surface area (Å²) in [5, 5.41) is 8.90. The zero-order valence-corrected chi connectivity index (χ0v) is 7.86. The van der Waals surface area contributed by atoms with E-state index in [9.17, 15) is 4.79 Å². The van der Waals surface area contributed by atoms with Gasteiger partial charge in [-0.3, -0.25) is 4.57 Å². The van der Waals surface area contributed by atoms with Crippen LogP contribution in [0.4, 0.5) is 0 Å².